The number of carbonyl (C=O) groups excluding carboxylic acids is 1. The van der Waals surface area contributed by atoms with Crippen LogP contribution < -0.4 is 0 Å². The highest BCUT2D eigenvalue weighted by Gasteiger charge is 2.30. The van der Waals surface area contributed by atoms with E-state index in [2.05, 4.69) is 9.97 Å². The van der Waals surface area contributed by atoms with Crippen molar-refractivity contribution in [2.45, 2.75) is 63.0 Å². The Labute approximate surface area is 148 Å². The molecule has 6 heteroatoms. The van der Waals surface area contributed by atoms with Crippen molar-refractivity contribution in [2.24, 2.45) is 0 Å². The smallest absolute Gasteiger partial charge is 0.182 e. The van der Waals surface area contributed by atoms with Crippen LogP contribution in [-0.2, 0) is 16.3 Å². The summed E-state index contributed by atoms with van der Waals surface area (Å²) in [6, 6.07) is 3.37. The van der Waals surface area contributed by atoms with Crippen molar-refractivity contribution in [3.8, 4) is 11.4 Å². The Balaban J connectivity index is 1.98. The van der Waals surface area contributed by atoms with E-state index in [0.29, 0.717) is 11.4 Å². The number of nitrogens with zero attached hydrogens (tertiary/aromatic N) is 1. The van der Waals surface area contributed by atoms with Crippen LogP contribution in [0.3, 0.4) is 0 Å². The van der Waals surface area contributed by atoms with Crippen molar-refractivity contribution >= 4 is 15.6 Å². The van der Waals surface area contributed by atoms with Gasteiger partial charge in [0.05, 0.1) is 27.2 Å². The van der Waals surface area contributed by atoms with Crippen LogP contribution in [0, 0.1) is 6.92 Å². The molecule has 0 saturated heterocycles. The van der Waals surface area contributed by atoms with Gasteiger partial charge in [0.1, 0.15) is 0 Å². The van der Waals surface area contributed by atoms with Gasteiger partial charge >= 0.3 is 0 Å². The third-order valence-electron chi connectivity index (χ3n) is 5.15. The standard InChI is InChI=1S/C19H24N2O3S/c1-4-16-12(2)18(13(3)22)21-19(16)17-10-9-15(11-20-17)25(23,24)14-7-5-6-8-14/h9-11,14,21H,4-8H2,1-3H3. The molecule has 2 heterocycles. The quantitative estimate of drug-likeness (QED) is 0.821. The van der Waals surface area contributed by atoms with Gasteiger partial charge in [0.25, 0.3) is 0 Å². The number of sulfone groups is 1. The van der Waals surface area contributed by atoms with Crippen LogP contribution in [0.2, 0.25) is 0 Å². The first-order valence-corrected chi connectivity index (χ1v) is 10.3. The number of pyridine rings is 1. The van der Waals surface area contributed by atoms with Crippen LogP contribution in [-0.4, -0.2) is 29.4 Å². The first-order chi connectivity index (χ1) is 11.9. The van der Waals surface area contributed by atoms with E-state index in [0.717, 1.165) is 48.9 Å². The van der Waals surface area contributed by atoms with Gasteiger partial charge in [0.2, 0.25) is 0 Å². The van der Waals surface area contributed by atoms with Crippen molar-refractivity contribution in [3.05, 3.63) is 35.2 Å². The molecule has 0 aromatic carbocycles. The Bertz CT molecular complexity index is 889. The van der Waals surface area contributed by atoms with Gasteiger partial charge in [-0.1, -0.05) is 19.8 Å². The Morgan fingerprint density at radius 2 is 1.96 bits per heavy atom. The summed E-state index contributed by atoms with van der Waals surface area (Å²) in [7, 11) is -3.30. The fourth-order valence-electron chi connectivity index (χ4n) is 3.73. The molecular weight excluding hydrogens is 336 g/mol. The number of Topliss-reactive ketones (excluding diaryl/α,β-unsaturated/α-hetero) is 1. The molecule has 0 spiro atoms. The molecule has 3 rings (SSSR count). The summed E-state index contributed by atoms with van der Waals surface area (Å²) in [6.07, 6.45) is 5.65. The molecule has 1 saturated carbocycles. The lowest BCUT2D eigenvalue weighted by Crippen LogP contribution is -2.17. The Morgan fingerprint density at radius 3 is 2.48 bits per heavy atom. The topological polar surface area (TPSA) is 79.9 Å². The molecule has 0 unspecified atom stereocenters. The van der Waals surface area contributed by atoms with Gasteiger partial charge in [-0.05, 0) is 49.4 Å². The molecule has 0 radical (unpaired) electrons. The van der Waals surface area contributed by atoms with Crippen LogP contribution in [0.15, 0.2) is 23.2 Å². The Morgan fingerprint density at radius 1 is 1.28 bits per heavy atom. The highest BCUT2D eigenvalue weighted by molar-refractivity contribution is 7.92. The molecule has 2 aromatic rings. The zero-order valence-corrected chi connectivity index (χ0v) is 15.7. The van der Waals surface area contributed by atoms with E-state index in [1.54, 1.807) is 12.1 Å². The molecule has 1 aliphatic rings. The van der Waals surface area contributed by atoms with Crippen LogP contribution in [0.25, 0.3) is 11.4 Å². The van der Waals surface area contributed by atoms with E-state index in [1.807, 2.05) is 13.8 Å². The van der Waals surface area contributed by atoms with E-state index in [-0.39, 0.29) is 15.9 Å². The molecule has 1 aliphatic carbocycles. The van der Waals surface area contributed by atoms with Gasteiger partial charge in [-0.15, -0.1) is 0 Å². The zero-order chi connectivity index (χ0) is 18.2. The lowest BCUT2D eigenvalue weighted by Gasteiger charge is -2.11. The zero-order valence-electron chi connectivity index (χ0n) is 14.9. The number of carbonyl (C=O) groups is 1. The fourth-order valence-corrected chi connectivity index (χ4v) is 5.53. The average molecular weight is 360 g/mol. The summed E-state index contributed by atoms with van der Waals surface area (Å²) in [5.41, 5.74) is 4.04. The third kappa shape index (κ3) is 3.15. The summed E-state index contributed by atoms with van der Waals surface area (Å²) in [4.78, 5) is 19.6. The normalized spacial score (nSPS) is 15.6. The van der Waals surface area contributed by atoms with Gasteiger partial charge in [-0.3, -0.25) is 9.78 Å². The second kappa shape index (κ2) is 6.75. The number of ketones is 1. The lowest BCUT2D eigenvalue weighted by molar-refractivity contribution is 0.101. The Kier molecular flexibility index (Phi) is 4.82. The predicted octanol–water partition coefficient (Wildman–Crippen LogP) is 3.87. The number of hydrogen-bond donors (Lipinski definition) is 1. The van der Waals surface area contributed by atoms with Crippen molar-refractivity contribution in [1.82, 2.24) is 9.97 Å². The van der Waals surface area contributed by atoms with E-state index >= 15 is 0 Å². The van der Waals surface area contributed by atoms with Gasteiger partial charge in [0, 0.05) is 13.1 Å². The minimum atomic E-state index is -3.30. The summed E-state index contributed by atoms with van der Waals surface area (Å²) < 4.78 is 25.3. The molecule has 0 atom stereocenters. The van der Waals surface area contributed by atoms with Gasteiger partial charge in [-0.2, -0.15) is 0 Å². The molecular formula is C19H24N2O3S. The van der Waals surface area contributed by atoms with E-state index in [4.69, 9.17) is 0 Å². The first kappa shape index (κ1) is 17.9. The maximum Gasteiger partial charge on any atom is 0.182 e. The molecule has 5 nitrogen and oxygen atoms in total. The van der Waals surface area contributed by atoms with Crippen molar-refractivity contribution in [1.29, 1.82) is 0 Å². The van der Waals surface area contributed by atoms with Crippen molar-refractivity contribution < 1.29 is 13.2 Å². The molecule has 1 N–H and O–H groups in total. The SMILES string of the molecule is CCc1c(-c2ccc(S(=O)(=O)C3CCCC3)cn2)[nH]c(C(C)=O)c1C. The number of nitrogens with one attached hydrogen (secondary N) is 1. The molecule has 134 valence electrons. The van der Waals surface area contributed by atoms with Crippen LogP contribution >= 0.6 is 0 Å². The number of aromatic nitrogens is 2. The molecule has 2 aromatic heterocycles. The maximum absolute atomic E-state index is 12.7. The monoisotopic (exact) mass is 360 g/mol. The minimum absolute atomic E-state index is 0.0149. The van der Waals surface area contributed by atoms with E-state index < -0.39 is 9.84 Å². The highest BCUT2D eigenvalue weighted by atomic mass is 32.2. The van der Waals surface area contributed by atoms with Gasteiger partial charge in [-0.25, -0.2) is 8.42 Å². The van der Waals surface area contributed by atoms with E-state index in [9.17, 15) is 13.2 Å². The highest BCUT2D eigenvalue weighted by Crippen LogP contribution is 2.31. The van der Waals surface area contributed by atoms with Crippen LogP contribution in [0.1, 0.15) is 61.1 Å². The number of H-pyrrole nitrogens is 1. The van der Waals surface area contributed by atoms with Gasteiger partial charge < -0.3 is 4.98 Å². The average Bonchev–Trinajstić information content (AvgIpc) is 3.23. The molecule has 0 aliphatic heterocycles. The number of hydrogen-bond acceptors (Lipinski definition) is 4. The minimum Gasteiger partial charge on any atom is -0.350 e. The van der Waals surface area contributed by atoms with E-state index in [1.165, 1.54) is 13.1 Å². The van der Waals surface area contributed by atoms with Crippen LogP contribution in [0.5, 0.6) is 0 Å². The predicted molar refractivity (Wildman–Crippen MR) is 97.6 cm³/mol. The molecule has 1 fully saturated rings. The Hall–Kier alpha value is -1.95. The summed E-state index contributed by atoms with van der Waals surface area (Å²) in [5.74, 6) is -0.0149. The number of aromatic amines is 1. The first-order valence-electron chi connectivity index (χ1n) is 8.79. The maximum atomic E-state index is 12.7. The number of rotatable bonds is 5. The third-order valence-corrected chi connectivity index (χ3v) is 7.39. The summed E-state index contributed by atoms with van der Waals surface area (Å²) in [5, 5.41) is -0.275. The van der Waals surface area contributed by atoms with Crippen molar-refractivity contribution in [2.75, 3.05) is 0 Å². The van der Waals surface area contributed by atoms with Gasteiger partial charge in [0.15, 0.2) is 15.6 Å². The molecule has 0 bridgehead atoms. The summed E-state index contributed by atoms with van der Waals surface area (Å²) >= 11 is 0. The second-order valence-electron chi connectivity index (χ2n) is 6.72. The van der Waals surface area contributed by atoms with Crippen LogP contribution in [0.4, 0.5) is 0 Å². The molecule has 25 heavy (non-hydrogen) atoms. The fraction of sp³-hybridized carbons (Fsp3) is 0.474. The largest absolute Gasteiger partial charge is 0.350 e. The lowest BCUT2D eigenvalue weighted by atomic mass is 10.0. The van der Waals surface area contributed by atoms with Crippen molar-refractivity contribution in [3.63, 3.8) is 0 Å². The molecule has 0 amide bonds. The summed E-state index contributed by atoms with van der Waals surface area (Å²) in [6.45, 7) is 5.49. The second-order valence-corrected chi connectivity index (χ2v) is 8.95.